The summed E-state index contributed by atoms with van der Waals surface area (Å²) in [7, 11) is 0. The van der Waals surface area contributed by atoms with Crippen LogP contribution in [0.25, 0.3) is 0 Å². The van der Waals surface area contributed by atoms with E-state index in [1.807, 2.05) is 20.8 Å². The molecule has 2 aliphatic rings. The number of unbranched alkanes of at least 4 members (excludes halogenated alkanes) is 1. The first-order valence-corrected chi connectivity index (χ1v) is 11.8. The van der Waals surface area contributed by atoms with Crippen LogP contribution in [0, 0.1) is 5.41 Å². The standard InChI is InChI=1S/C27H29F3N2O3/c1-4-5-14-35-18-12-10-17(11-13-18)24-23-20(15-26(2,3)16-22(23)33)31-19-8-6-7-9-21(19)32(24)25(34)27(28,29)30/h6-13,24,31H,4-5,14-16H2,1-3H3. The highest BCUT2D eigenvalue weighted by Gasteiger charge is 2.50. The van der Waals surface area contributed by atoms with E-state index in [9.17, 15) is 22.8 Å². The van der Waals surface area contributed by atoms with E-state index in [1.54, 1.807) is 42.5 Å². The van der Waals surface area contributed by atoms with Crippen molar-refractivity contribution >= 4 is 23.1 Å². The molecule has 1 unspecified atom stereocenters. The van der Waals surface area contributed by atoms with E-state index in [0.29, 0.717) is 40.6 Å². The number of ketones is 1. The van der Waals surface area contributed by atoms with Gasteiger partial charge in [0.05, 0.1) is 24.0 Å². The maximum atomic E-state index is 13.9. The summed E-state index contributed by atoms with van der Waals surface area (Å²) in [4.78, 5) is 27.0. The first kappa shape index (κ1) is 24.8. The van der Waals surface area contributed by atoms with Crippen molar-refractivity contribution in [2.45, 2.75) is 58.7 Å². The van der Waals surface area contributed by atoms with E-state index in [0.717, 1.165) is 12.8 Å². The average molecular weight is 487 g/mol. The Bertz CT molecular complexity index is 1150. The number of alkyl halides is 3. The summed E-state index contributed by atoms with van der Waals surface area (Å²) in [5.74, 6) is -1.72. The third-order valence-corrected chi connectivity index (χ3v) is 6.32. The number of hydrogen-bond donors (Lipinski definition) is 1. The highest BCUT2D eigenvalue weighted by atomic mass is 19.4. The molecule has 0 spiro atoms. The van der Waals surface area contributed by atoms with Crippen LogP contribution in [-0.4, -0.2) is 24.5 Å². The van der Waals surface area contributed by atoms with Crippen LogP contribution >= 0.6 is 0 Å². The van der Waals surface area contributed by atoms with Gasteiger partial charge in [0.15, 0.2) is 5.78 Å². The smallest absolute Gasteiger partial charge is 0.471 e. The van der Waals surface area contributed by atoms with E-state index in [4.69, 9.17) is 4.74 Å². The summed E-state index contributed by atoms with van der Waals surface area (Å²) in [6, 6.07) is 11.7. The fourth-order valence-electron chi connectivity index (χ4n) is 4.74. The van der Waals surface area contributed by atoms with Gasteiger partial charge in [-0.2, -0.15) is 13.2 Å². The number of nitrogens with zero attached hydrogens (tertiary/aromatic N) is 1. The minimum atomic E-state index is -5.13. The Balaban J connectivity index is 1.90. The van der Waals surface area contributed by atoms with Crippen molar-refractivity contribution in [1.82, 2.24) is 0 Å². The monoisotopic (exact) mass is 486 g/mol. The lowest BCUT2D eigenvalue weighted by Gasteiger charge is -2.37. The largest absolute Gasteiger partial charge is 0.494 e. The molecule has 1 heterocycles. The molecule has 0 bridgehead atoms. The third kappa shape index (κ3) is 5.06. The Kier molecular flexibility index (Phi) is 6.66. The van der Waals surface area contributed by atoms with E-state index >= 15 is 0 Å². The molecule has 4 rings (SSSR count). The molecule has 2 aromatic rings. The summed E-state index contributed by atoms with van der Waals surface area (Å²) in [6.07, 6.45) is -2.65. The number of rotatable bonds is 5. The van der Waals surface area contributed by atoms with Gasteiger partial charge in [0.2, 0.25) is 0 Å². The van der Waals surface area contributed by atoms with Gasteiger partial charge in [-0.15, -0.1) is 0 Å². The number of hydrogen-bond acceptors (Lipinski definition) is 4. The number of Topliss-reactive ketones (excluding diaryl/α,β-unsaturated/α-hetero) is 1. The number of anilines is 2. The molecule has 2 aromatic carbocycles. The number of ether oxygens (including phenoxy) is 1. The number of halogens is 3. The lowest BCUT2D eigenvalue weighted by atomic mass is 9.73. The number of amides is 1. The second-order valence-corrected chi connectivity index (χ2v) is 9.82. The predicted octanol–water partition coefficient (Wildman–Crippen LogP) is 6.57. The summed E-state index contributed by atoms with van der Waals surface area (Å²) >= 11 is 0. The van der Waals surface area contributed by atoms with Gasteiger partial charge in [-0.05, 0) is 48.1 Å². The lowest BCUT2D eigenvalue weighted by molar-refractivity contribution is -0.170. The van der Waals surface area contributed by atoms with Crippen LogP contribution in [0.5, 0.6) is 5.75 Å². The zero-order valence-corrected chi connectivity index (χ0v) is 20.0. The third-order valence-electron chi connectivity index (χ3n) is 6.32. The molecule has 0 saturated carbocycles. The molecule has 5 nitrogen and oxygen atoms in total. The first-order valence-electron chi connectivity index (χ1n) is 11.8. The van der Waals surface area contributed by atoms with Gasteiger partial charge >= 0.3 is 12.1 Å². The summed E-state index contributed by atoms with van der Waals surface area (Å²) < 4.78 is 47.4. The van der Waals surface area contributed by atoms with E-state index in [-0.39, 0.29) is 28.9 Å². The topological polar surface area (TPSA) is 58.6 Å². The van der Waals surface area contributed by atoms with Gasteiger partial charge in [-0.1, -0.05) is 51.5 Å². The number of allylic oxidation sites excluding steroid dienone is 1. The Labute approximate surface area is 203 Å². The van der Waals surface area contributed by atoms with Gasteiger partial charge in [0.25, 0.3) is 0 Å². The van der Waals surface area contributed by atoms with Crippen LogP contribution in [0.1, 0.15) is 58.1 Å². The lowest BCUT2D eigenvalue weighted by Crippen LogP contribution is -2.45. The zero-order valence-electron chi connectivity index (χ0n) is 20.0. The van der Waals surface area contributed by atoms with Gasteiger partial charge < -0.3 is 10.1 Å². The molecule has 1 aliphatic heterocycles. The van der Waals surface area contributed by atoms with Crippen molar-refractivity contribution in [3.63, 3.8) is 0 Å². The normalized spacial score (nSPS) is 19.4. The fourth-order valence-corrected chi connectivity index (χ4v) is 4.74. The number of carbonyl (C=O) groups is 2. The van der Waals surface area contributed by atoms with Crippen LogP contribution in [0.4, 0.5) is 24.5 Å². The van der Waals surface area contributed by atoms with Crippen LogP contribution in [0.3, 0.4) is 0 Å². The molecule has 0 fully saturated rings. The van der Waals surface area contributed by atoms with Crippen molar-refractivity contribution in [2.75, 3.05) is 16.8 Å². The quantitative estimate of drug-likeness (QED) is 0.486. The molecular weight excluding hydrogens is 457 g/mol. The van der Waals surface area contributed by atoms with Crippen molar-refractivity contribution in [1.29, 1.82) is 0 Å². The second kappa shape index (κ2) is 9.40. The molecule has 0 radical (unpaired) electrons. The maximum Gasteiger partial charge on any atom is 0.471 e. The highest BCUT2D eigenvalue weighted by molar-refractivity contribution is 6.07. The average Bonchev–Trinajstić information content (AvgIpc) is 2.92. The minimum absolute atomic E-state index is 0.0723. The van der Waals surface area contributed by atoms with Crippen LogP contribution in [0.15, 0.2) is 59.8 Å². The van der Waals surface area contributed by atoms with Crippen LogP contribution in [-0.2, 0) is 9.59 Å². The Hall–Kier alpha value is -3.29. The first-order chi connectivity index (χ1) is 16.5. The highest BCUT2D eigenvalue weighted by Crippen LogP contribution is 2.49. The summed E-state index contributed by atoms with van der Waals surface area (Å²) in [6.45, 7) is 6.47. The van der Waals surface area contributed by atoms with Gasteiger partial charge in [-0.3, -0.25) is 14.5 Å². The predicted molar refractivity (Wildman–Crippen MR) is 128 cm³/mol. The van der Waals surface area contributed by atoms with Gasteiger partial charge in [0, 0.05) is 17.7 Å². The molecule has 35 heavy (non-hydrogen) atoms. The molecule has 0 saturated heterocycles. The molecule has 0 aromatic heterocycles. The molecule has 1 aliphatic carbocycles. The van der Waals surface area contributed by atoms with Crippen molar-refractivity contribution in [3.8, 4) is 5.75 Å². The Morgan fingerprint density at radius 2 is 1.80 bits per heavy atom. The number of nitrogens with one attached hydrogen (secondary N) is 1. The van der Waals surface area contributed by atoms with Gasteiger partial charge in [0.1, 0.15) is 5.75 Å². The molecule has 1 amide bonds. The number of carbonyl (C=O) groups excluding carboxylic acids is 2. The maximum absolute atomic E-state index is 13.9. The second-order valence-electron chi connectivity index (χ2n) is 9.82. The fraction of sp³-hybridized carbons (Fsp3) is 0.407. The zero-order chi connectivity index (χ0) is 25.4. The van der Waals surface area contributed by atoms with Crippen LogP contribution < -0.4 is 15.0 Å². The van der Waals surface area contributed by atoms with E-state index in [2.05, 4.69) is 5.32 Å². The molecule has 1 N–H and O–H groups in total. The molecule has 186 valence electrons. The summed E-state index contributed by atoms with van der Waals surface area (Å²) in [5.41, 5.74) is 1.20. The number of benzene rings is 2. The Morgan fingerprint density at radius 3 is 2.46 bits per heavy atom. The number of para-hydroxylation sites is 2. The molecular formula is C27H29F3N2O3. The Morgan fingerprint density at radius 1 is 1.11 bits per heavy atom. The minimum Gasteiger partial charge on any atom is -0.494 e. The molecule has 8 heteroatoms. The van der Waals surface area contributed by atoms with Gasteiger partial charge in [-0.25, -0.2) is 0 Å². The number of fused-ring (bicyclic) bond motifs is 1. The van der Waals surface area contributed by atoms with E-state index in [1.165, 1.54) is 6.07 Å². The molecule has 1 atom stereocenters. The van der Waals surface area contributed by atoms with Crippen molar-refractivity contribution in [2.24, 2.45) is 5.41 Å². The van der Waals surface area contributed by atoms with Crippen molar-refractivity contribution < 1.29 is 27.5 Å². The SMILES string of the molecule is CCCCOc1ccc(C2C3=C(CC(C)(C)CC3=O)Nc3ccccc3N2C(=O)C(F)(F)F)cc1. The van der Waals surface area contributed by atoms with E-state index < -0.39 is 18.1 Å². The summed E-state index contributed by atoms with van der Waals surface area (Å²) in [5, 5.41) is 3.20. The van der Waals surface area contributed by atoms with Crippen molar-refractivity contribution in [3.05, 3.63) is 65.4 Å². The van der Waals surface area contributed by atoms with Crippen LogP contribution in [0.2, 0.25) is 0 Å².